The Morgan fingerprint density at radius 3 is 2.57 bits per heavy atom. The number of carbonyl (C=O) groups is 1. The lowest BCUT2D eigenvalue weighted by atomic mass is 10.0. The third-order valence-corrected chi connectivity index (χ3v) is 7.25. The number of para-hydroxylation sites is 1. The van der Waals surface area contributed by atoms with Gasteiger partial charge < -0.3 is 20.9 Å². The number of piperidine rings is 2. The molecule has 2 aromatic carbocycles. The summed E-state index contributed by atoms with van der Waals surface area (Å²) in [6.45, 7) is 6.52. The van der Waals surface area contributed by atoms with Gasteiger partial charge in [-0.1, -0.05) is 36.8 Å². The van der Waals surface area contributed by atoms with Crippen LogP contribution in [0, 0.1) is 0 Å². The topological polar surface area (TPSA) is 69.3 Å². The average Bonchev–Trinajstić information content (AvgIpc) is 2.92. The van der Waals surface area contributed by atoms with E-state index in [1.54, 1.807) is 0 Å². The first kappa shape index (κ1) is 23.8. The van der Waals surface area contributed by atoms with E-state index in [4.69, 9.17) is 4.98 Å². The summed E-state index contributed by atoms with van der Waals surface area (Å²) in [7, 11) is 0. The van der Waals surface area contributed by atoms with E-state index in [0.717, 1.165) is 73.3 Å². The summed E-state index contributed by atoms with van der Waals surface area (Å²) in [5, 5.41) is 11.3. The van der Waals surface area contributed by atoms with Crippen LogP contribution < -0.4 is 16.0 Å². The number of carbonyl (C=O) groups excluding carboxylic acids is 1. The van der Waals surface area contributed by atoms with Crippen LogP contribution in [0.1, 0.15) is 48.9 Å². The quantitative estimate of drug-likeness (QED) is 0.417. The molecular weight excluding hydrogens is 434 g/mol. The van der Waals surface area contributed by atoms with Gasteiger partial charge in [0.15, 0.2) is 0 Å². The largest absolute Gasteiger partial charge is 0.384 e. The molecule has 0 unspecified atom stereocenters. The van der Waals surface area contributed by atoms with E-state index in [-0.39, 0.29) is 11.9 Å². The number of fused-ring (bicyclic) bond motifs is 1. The summed E-state index contributed by atoms with van der Waals surface area (Å²) in [4.78, 5) is 20.2. The van der Waals surface area contributed by atoms with E-state index in [1.807, 2.05) is 30.3 Å². The predicted octanol–water partition coefficient (Wildman–Crippen LogP) is 4.67. The van der Waals surface area contributed by atoms with Crippen LogP contribution in [-0.4, -0.2) is 61.1 Å². The molecule has 0 atom stereocenters. The molecule has 0 spiro atoms. The van der Waals surface area contributed by atoms with Crippen molar-refractivity contribution in [1.29, 1.82) is 0 Å². The van der Waals surface area contributed by atoms with Crippen LogP contribution in [0.5, 0.6) is 0 Å². The molecule has 6 nitrogen and oxygen atoms in total. The van der Waals surface area contributed by atoms with Gasteiger partial charge in [0.05, 0.1) is 11.2 Å². The fraction of sp³-hybridized carbons (Fsp3) is 0.448. The first-order valence-electron chi connectivity index (χ1n) is 13.2. The summed E-state index contributed by atoms with van der Waals surface area (Å²) in [6, 6.07) is 18.5. The fourth-order valence-electron chi connectivity index (χ4n) is 5.21. The van der Waals surface area contributed by atoms with Crippen LogP contribution >= 0.6 is 0 Å². The Bertz CT molecular complexity index is 1120. The van der Waals surface area contributed by atoms with Crippen molar-refractivity contribution in [2.45, 2.75) is 44.6 Å². The SMILES string of the molecule is O=C(NC1CCNCC1)c1ccc(-c2cc(NCCCN3CCCCC3)c3ccccc3n2)cc1. The number of hydrogen-bond acceptors (Lipinski definition) is 5. The predicted molar refractivity (Wildman–Crippen MR) is 144 cm³/mol. The second-order valence-electron chi connectivity index (χ2n) is 9.83. The normalized spacial score (nSPS) is 17.4. The molecule has 0 radical (unpaired) electrons. The van der Waals surface area contributed by atoms with Gasteiger partial charge in [0.1, 0.15) is 0 Å². The second kappa shape index (κ2) is 11.6. The number of pyridine rings is 1. The van der Waals surface area contributed by atoms with E-state index >= 15 is 0 Å². The van der Waals surface area contributed by atoms with E-state index in [9.17, 15) is 4.79 Å². The van der Waals surface area contributed by atoms with Crippen molar-refractivity contribution >= 4 is 22.5 Å². The molecule has 35 heavy (non-hydrogen) atoms. The highest BCUT2D eigenvalue weighted by Crippen LogP contribution is 2.28. The lowest BCUT2D eigenvalue weighted by Crippen LogP contribution is -2.42. The maximum absolute atomic E-state index is 12.7. The zero-order valence-electron chi connectivity index (χ0n) is 20.6. The molecule has 0 aliphatic carbocycles. The molecule has 2 aliphatic rings. The van der Waals surface area contributed by atoms with Crippen molar-refractivity contribution < 1.29 is 4.79 Å². The van der Waals surface area contributed by atoms with Crippen molar-refractivity contribution in [2.24, 2.45) is 0 Å². The Hall–Kier alpha value is -2.96. The standard InChI is InChI=1S/C29H37N5O/c35-29(32-24-13-16-30-17-14-24)23-11-9-22(10-12-23)27-21-28(25-7-2-3-8-26(25)33-27)31-15-6-20-34-18-4-1-5-19-34/h2-3,7-12,21,24,30H,1,4-6,13-20H2,(H,31,33)(H,32,35). The number of rotatable bonds is 8. The third-order valence-electron chi connectivity index (χ3n) is 7.25. The molecule has 2 saturated heterocycles. The number of nitrogens with zero attached hydrogens (tertiary/aromatic N) is 2. The minimum atomic E-state index is 0.00554. The number of anilines is 1. The molecule has 2 fully saturated rings. The minimum absolute atomic E-state index is 0.00554. The summed E-state index contributed by atoms with van der Waals surface area (Å²) in [5.41, 5.74) is 4.75. The third kappa shape index (κ3) is 6.19. The number of hydrogen-bond donors (Lipinski definition) is 3. The van der Waals surface area contributed by atoms with Gasteiger partial charge in [-0.05, 0) is 89.1 Å². The molecule has 3 N–H and O–H groups in total. The van der Waals surface area contributed by atoms with Gasteiger partial charge in [0.25, 0.3) is 5.91 Å². The maximum atomic E-state index is 12.7. The van der Waals surface area contributed by atoms with Gasteiger partial charge in [-0.3, -0.25) is 4.79 Å². The Balaban J connectivity index is 1.27. The summed E-state index contributed by atoms with van der Waals surface area (Å²) in [6.07, 6.45) is 7.16. The molecule has 3 heterocycles. The van der Waals surface area contributed by atoms with Gasteiger partial charge in [0.2, 0.25) is 0 Å². The smallest absolute Gasteiger partial charge is 0.251 e. The van der Waals surface area contributed by atoms with E-state index < -0.39 is 0 Å². The molecule has 2 aliphatic heterocycles. The highest BCUT2D eigenvalue weighted by Gasteiger charge is 2.17. The minimum Gasteiger partial charge on any atom is -0.384 e. The molecule has 1 amide bonds. The molecule has 0 saturated carbocycles. The Morgan fingerprint density at radius 2 is 1.77 bits per heavy atom. The first-order chi connectivity index (χ1) is 17.3. The van der Waals surface area contributed by atoms with Crippen molar-refractivity contribution in [3.63, 3.8) is 0 Å². The maximum Gasteiger partial charge on any atom is 0.251 e. The van der Waals surface area contributed by atoms with Crippen molar-refractivity contribution in [3.8, 4) is 11.3 Å². The van der Waals surface area contributed by atoms with Crippen LogP contribution in [0.2, 0.25) is 0 Å². The zero-order chi connectivity index (χ0) is 23.9. The van der Waals surface area contributed by atoms with Crippen molar-refractivity contribution in [3.05, 3.63) is 60.2 Å². The highest BCUT2D eigenvalue weighted by atomic mass is 16.1. The van der Waals surface area contributed by atoms with Crippen molar-refractivity contribution in [1.82, 2.24) is 20.5 Å². The molecule has 5 rings (SSSR count). The van der Waals surface area contributed by atoms with Crippen LogP contribution in [-0.2, 0) is 0 Å². The lowest BCUT2D eigenvalue weighted by molar-refractivity contribution is 0.0929. The van der Waals surface area contributed by atoms with Gasteiger partial charge in [-0.25, -0.2) is 4.98 Å². The monoisotopic (exact) mass is 471 g/mol. The van der Waals surface area contributed by atoms with Crippen LogP contribution in [0.25, 0.3) is 22.2 Å². The van der Waals surface area contributed by atoms with Gasteiger partial charge >= 0.3 is 0 Å². The summed E-state index contributed by atoms with van der Waals surface area (Å²) in [5.74, 6) is 0.00554. The van der Waals surface area contributed by atoms with Crippen molar-refractivity contribution in [2.75, 3.05) is 44.6 Å². The molecule has 3 aromatic rings. The molecule has 1 aromatic heterocycles. The average molecular weight is 472 g/mol. The highest BCUT2D eigenvalue weighted by molar-refractivity contribution is 5.96. The van der Waals surface area contributed by atoms with Gasteiger partial charge in [-0.2, -0.15) is 0 Å². The molecular formula is C29H37N5O. The summed E-state index contributed by atoms with van der Waals surface area (Å²) < 4.78 is 0. The Morgan fingerprint density at radius 1 is 1.00 bits per heavy atom. The van der Waals surface area contributed by atoms with Gasteiger partial charge in [-0.15, -0.1) is 0 Å². The molecule has 0 bridgehead atoms. The lowest BCUT2D eigenvalue weighted by Gasteiger charge is -2.26. The Kier molecular flexibility index (Phi) is 7.91. The zero-order valence-corrected chi connectivity index (χ0v) is 20.6. The first-order valence-corrected chi connectivity index (χ1v) is 13.2. The summed E-state index contributed by atoms with van der Waals surface area (Å²) >= 11 is 0. The van der Waals surface area contributed by atoms with Crippen LogP contribution in [0.4, 0.5) is 5.69 Å². The number of aromatic nitrogens is 1. The van der Waals surface area contributed by atoms with Crippen LogP contribution in [0.3, 0.4) is 0 Å². The van der Waals surface area contributed by atoms with E-state index in [0.29, 0.717) is 5.56 Å². The van der Waals surface area contributed by atoms with Gasteiger partial charge in [0, 0.05) is 34.8 Å². The number of nitrogens with one attached hydrogen (secondary N) is 3. The van der Waals surface area contributed by atoms with E-state index in [2.05, 4.69) is 45.1 Å². The molecule has 184 valence electrons. The van der Waals surface area contributed by atoms with Crippen LogP contribution in [0.15, 0.2) is 54.6 Å². The molecule has 6 heteroatoms. The number of likely N-dealkylation sites (tertiary alicyclic amines) is 1. The fourth-order valence-corrected chi connectivity index (χ4v) is 5.21. The Labute approximate surface area is 208 Å². The number of benzene rings is 2. The second-order valence-corrected chi connectivity index (χ2v) is 9.83. The van der Waals surface area contributed by atoms with E-state index in [1.165, 1.54) is 32.4 Å². The number of amides is 1.